The molecule has 4 nitrogen and oxygen atoms in total. The van der Waals surface area contributed by atoms with Crippen LogP contribution in [0.15, 0.2) is 0 Å². The maximum Gasteiger partial charge on any atom is 0.0382 e. The van der Waals surface area contributed by atoms with Crippen molar-refractivity contribution in [3.05, 3.63) is 0 Å². The van der Waals surface area contributed by atoms with Crippen molar-refractivity contribution < 1.29 is 0 Å². The van der Waals surface area contributed by atoms with E-state index in [0.29, 0.717) is 6.04 Å². The highest BCUT2D eigenvalue weighted by molar-refractivity contribution is 5.06. The lowest BCUT2D eigenvalue weighted by Gasteiger charge is -2.51. The Morgan fingerprint density at radius 2 is 1.35 bits per heavy atom. The van der Waals surface area contributed by atoms with Gasteiger partial charge in [-0.05, 0) is 60.8 Å². The van der Waals surface area contributed by atoms with Gasteiger partial charge >= 0.3 is 0 Å². The monoisotopic (exact) mass is 362 g/mol. The summed E-state index contributed by atoms with van der Waals surface area (Å²) in [6.45, 7) is 21.0. The Morgan fingerprint density at radius 3 is 2.00 bits per heavy atom. The molecule has 4 heterocycles. The third kappa shape index (κ3) is 3.25. The van der Waals surface area contributed by atoms with E-state index in [-0.39, 0.29) is 0 Å². The highest BCUT2D eigenvalue weighted by atomic mass is 15.4. The van der Waals surface area contributed by atoms with Crippen LogP contribution in [-0.4, -0.2) is 94.6 Å². The van der Waals surface area contributed by atoms with Gasteiger partial charge in [-0.1, -0.05) is 0 Å². The lowest BCUT2D eigenvalue weighted by molar-refractivity contribution is -0.0186. The Balaban J connectivity index is 1.22. The molecule has 4 fully saturated rings. The van der Waals surface area contributed by atoms with Gasteiger partial charge in [0.05, 0.1) is 0 Å². The number of rotatable bonds is 7. The van der Waals surface area contributed by atoms with E-state index in [4.69, 9.17) is 0 Å². The molecule has 4 aliphatic heterocycles. The van der Waals surface area contributed by atoms with E-state index in [1.54, 1.807) is 0 Å². The molecule has 0 radical (unpaired) electrons. The minimum Gasteiger partial charge on any atom is -0.299 e. The smallest absolute Gasteiger partial charge is 0.0382 e. The van der Waals surface area contributed by atoms with Crippen LogP contribution in [0.3, 0.4) is 0 Å². The molecule has 4 heteroatoms. The molecule has 0 N–H and O–H groups in total. The molecule has 0 aromatic carbocycles. The third-order valence-corrected chi connectivity index (χ3v) is 8.21. The number of fused-ring (bicyclic) bond motifs is 2. The molecule has 0 bridgehead atoms. The summed E-state index contributed by atoms with van der Waals surface area (Å²) in [4.78, 5) is 11.1. The fraction of sp³-hybridized carbons (Fsp3) is 1.00. The van der Waals surface area contributed by atoms with Gasteiger partial charge in [-0.25, -0.2) is 0 Å². The summed E-state index contributed by atoms with van der Waals surface area (Å²) in [7, 11) is 0. The fourth-order valence-electron chi connectivity index (χ4n) is 6.28. The summed E-state index contributed by atoms with van der Waals surface area (Å²) in [5, 5.41) is 0. The fourth-order valence-corrected chi connectivity index (χ4v) is 6.28. The Hall–Kier alpha value is -0.160. The maximum absolute atomic E-state index is 2.84. The predicted octanol–water partition coefficient (Wildman–Crippen LogP) is 2.73. The minimum atomic E-state index is 0.716. The van der Waals surface area contributed by atoms with Gasteiger partial charge in [0, 0.05) is 80.9 Å². The standard InChI is InChI=1S/C22H42N4/c1-15(2)23-11-19-12-26(21(19)13-23)18(6)8-7-17(5)24-10-9-20-22(24)14-25(20)16(3)4/h15-22H,7-14H2,1-6H3. The lowest BCUT2D eigenvalue weighted by atomic mass is 9.88. The van der Waals surface area contributed by atoms with Crippen molar-refractivity contribution in [2.45, 2.75) is 103 Å². The van der Waals surface area contributed by atoms with E-state index in [0.717, 1.165) is 42.2 Å². The van der Waals surface area contributed by atoms with Gasteiger partial charge in [-0.3, -0.25) is 19.6 Å². The zero-order valence-electron chi connectivity index (χ0n) is 18.1. The maximum atomic E-state index is 2.84. The van der Waals surface area contributed by atoms with Gasteiger partial charge < -0.3 is 0 Å². The van der Waals surface area contributed by atoms with Crippen LogP contribution in [0.4, 0.5) is 0 Å². The third-order valence-electron chi connectivity index (χ3n) is 8.21. The summed E-state index contributed by atoms with van der Waals surface area (Å²) in [6, 6.07) is 5.52. The molecular weight excluding hydrogens is 320 g/mol. The normalized spacial score (nSPS) is 38.3. The van der Waals surface area contributed by atoms with E-state index in [1.807, 2.05) is 0 Å². The van der Waals surface area contributed by atoms with Gasteiger partial charge in [0.25, 0.3) is 0 Å². The molecule has 0 spiro atoms. The Labute approximate surface area is 161 Å². The second kappa shape index (κ2) is 7.35. The van der Waals surface area contributed by atoms with Crippen molar-refractivity contribution in [3.8, 4) is 0 Å². The highest BCUT2D eigenvalue weighted by Crippen LogP contribution is 2.38. The first kappa shape index (κ1) is 19.2. The molecule has 4 saturated heterocycles. The molecule has 150 valence electrons. The predicted molar refractivity (Wildman–Crippen MR) is 110 cm³/mol. The van der Waals surface area contributed by atoms with E-state index in [2.05, 4.69) is 61.1 Å². The van der Waals surface area contributed by atoms with Crippen LogP contribution >= 0.6 is 0 Å². The van der Waals surface area contributed by atoms with Crippen molar-refractivity contribution in [3.63, 3.8) is 0 Å². The van der Waals surface area contributed by atoms with Crippen molar-refractivity contribution in [2.24, 2.45) is 5.92 Å². The van der Waals surface area contributed by atoms with Crippen molar-refractivity contribution in [2.75, 3.05) is 32.7 Å². The van der Waals surface area contributed by atoms with Crippen molar-refractivity contribution in [1.82, 2.24) is 19.6 Å². The molecule has 0 aromatic rings. The molecule has 6 atom stereocenters. The van der Waals surface area contributed by atoms with Gasteiger partial charge in [0.15, 0.2) is 0 Å². The summed E-state index contributed by atoms with van der Waals surface area (Å²) in [5.74, 6) is 0.952. The van der Waals surface area contributed by atoms with Crippen LogP contribution in [0.5, 0.6) is 0 Å². The zero-order valence-corrected chi connectivity index (χ0v) is 18.1. The van der Waals surface area contributed by atoms with Gasteiger partial charge in [-0.15, -0.1) is 0 Å². The zero-order chi connectivity index (χ0) is 18.6. The van der Waals surface area contributed by atoms with Gasteiger partial charge in [0.2, 0.25) is 0 Å². The molecule has 0 saturated carbocycles. The summed E-state index contributed by atoms with van der Waals surface area (Å²) >= 11 is 0. The number of hydrogen-bond acceptors (Lipinski definition) is 4. The Morgan fingerprint density at radius 1 is 0.654 bits per heavy atom. The highest BCUT2D eigenvalue weighted by Gasteiger charge is 2.49. The molecule has 0 aromatic heterocycles. The lowest BCUT2D eigenvalue weighted by Crippen LogP contribution is -2.64. The molecule has 0 amide bonds. The van der Waals surface area contributed by atoms with E-state index in [9.17, 15) is 0 Å². The average molecular weight is 363 g/mol. The first-order chi connectivity index (χ1) is 12.4. The van der Waals surface area contributed by atoms with E-state index < -0.39 is 0 Å². The molecular formula is C22H42N4. The van der Waals surface area contributed by atoms with Crippen molar-refractivity contribution in [1.29, 1.82) is 0 Å². The molecule has 0 aliphatic carbocycles. The first-order valence-electron chi connectivity index (χ1n) is 11.4. The van der Waals surface area contributed by atoms with Crippen LogP contribution in [0.25, 0.3) is 0 Å². The average Bonchev–Trinajstić information content (AvgIpc) is 3.03. The number of nitrogens with zero attached hydrogens (tertiary/aromatic N) is 4. The van der Waals surface area contributed by atoms with Crippen LogP contribution in [-0.2, 0) is 0 Å². The summed E-state index contributed by atoms with van der Waals surface area (Å²) in [6.07, 6.45) is 4.13. The SMILES string of the molecule is CC(C)N1CC2CN(C(C)CCC(C)N3CCC4C3CN4C(C)C)C2C1. The topological polar surface area (TPSA) is 13.0 Å². The molecule has 6 unspecified atom stereocenters. The molecule has 26 heavy (non-hydrogen) atoms. The van der Waals surface area contributed by atoms with Crippen molar-refractivity contribution >= 4 is 0 Å². The second-order valence-electron chi connectivity index (χ2n) is 10.3. The van der Waals surface area contributed by atoms with Gasteiger partial charge in [0.1, 0.15) is 0 Å². The molecule has 4 aliphatic rings. The quantitative estimate of drug-likeness (QED) is 0.690. The van der Waals surface area contributed by atoms with Crippen LogP contribution in [0.2, 0.25) is 0 Å². The van der Waals surface area contributed by atoms with E-state index in [1.165, 1.54) is 52.0 Å². The summed E-state index contributed by atoms with van der Waals surface area (Å²) in [5.41, 5.74) is 0. The molecule has 4 rings (SSSR count). The van der Waals surface area contributed by atoms with Crippen LogP contribution in [0.1, 0.15) is 60.8 Å². The van der Waals surface area contributed by atoms with Gasteiger partial charge in [-0.2, -0.15) is 0 Å². The largest absolute Gasteiger partial charge is 0.299 e. The Kier molecular flexibility index (Phi) is 5.42. The second-order valence-corrected chi connectivity index (χ2v) is 10.3. The summed E-state index contributed by atoms with van der Waals surface area (Å²) < 4.78 is 0. The van der Waals surface area contributed by atoms with Crippen LogP contribution in [0, 0.1) is 5.92 Å². The Bertz CT molecular complexity index is 493. The minimum absolute atomic E-state index is 0.716. The first-order valence-corrected chi connectivity index (χ1v) is 11.4. The van der Waals surface area contributed by atoms with E-state index >= 15 is 0 Å². The number of likely N-dealkylation sites (tertiary alicyclic amines) is 4. The number of hydrogen-bond donors (Lipinski definition) is 0. The van der Waals surface area contributed by atoms with Crippen LogP contribution < -0.4 is 0 Å².